The molecule has 0 bridgehead atoms. The molecule has 91 heavy (non-hydrogen) atoms. The molecule has 0 aromatic heterocycles. The molecule has 37 heteroatoms. The van der Waals surface area contributed by atoms with Crippen molar-refractivity contribution >= 4 is 69.9 Å². The smallest absolute Gasteiger partial charge is 0.422 e. The summed E-state index contributed by atoms with van der Waals surface area (Å²) >= 11 is 12.3. The summed E-state index contributed by atoms with van der Waals surface area (Å²) < 4.78 is 71.5. The Bertz CT molecular complexity index is 2890. The largest absolute Gasteiger partial charge is 0.428 e. The third-order valence-corrected chi connectivity index (χ3v) is 22.3. The van der Waals surface area contributed by atoms with Crippen molar-refractivity contribution in [3.8, 4) is 17.2 Å². The van der Waals surface area contributed by atoms with Crippen LogP contribution >= 0.6 is 52.0 Å². The van der Waals surface area contributed by atoms with E-state index in [2.05, 4.69) is 34.8 Å². The van der Waals surface area contributed by atoms with E-state index in [0.29, 0.717) is 17.2 Å². The maximum Gasteiger partial charge on any atom is 0.428 e. The van der Waals surface area contributed by atoms with Gasteiger partial charge in [-0.05, 0) is 45.4 Å². The van der Waals surface area contributed by atoms with Crippen LogP contribution in [0.15, 0.2) is 101 Å². The molecule has 3 fully saturated rings. The fourth-order valence-electron chi connectivity index (χ4n) is 7.67. The summed E-state index contributed by atoms with van der Waals surface area (Å²) in [6, 6.07) is 23.3. The predicted octanol–water partition coefficient (Wildman–Crippen LogP) is 8.94. The van der Waals surface area contributed by atoms with Gasteiger partial charge in [0.2, 0.25) is 0 Å². The average Bonchev–Trinajstić information content (AvgIpc) is 1.83. The Labute approximate surface area is 567 Å². The van der Waals surface area contributed by atoms with E-state index in [0.717, 1.165) is 37.6 Å². The minimum absolute atomic E-state index is 0. The Morgan fingerprint density at radius 2 is 0.912 bits per heavy atom. The predicted molar refractivity (Wildman–Crippen MR) is 338 cm³/mol. The van der Waals surface area contributed by atoms with Gasteiger partial charge in [0.05, 0.1) is 31.0 Å². The van der Waals surface area contributed by atoms with Gasteiger partial charge < -0.3 is 29.9 Å². The molecule has 3 aliphatic heterocycles. The number of aliphatic hydroxyl groups excluding tert-OH is 4. The molecular weight excluding hydrogens is 1660 g/mol. The SMILES string of the molecule is CC(C)OC(=O)C(C)N.CC(C)OC(=O)C(C)N[P](=[W])(OC[C@H]1O[C@@H](C)[C@H](N)[C@@H]1O)Oc1ccccc1.CC(C)OC(=O)C(C)N[P](=[W])(OC[C@H]1O[C@@H](C)[C@H](N=[N+]=[N-])[C@@H]1O)Oc1ccccc1.C[C@@H]1O[C@H](CO)[C@@H](O)[C@H]1N=[N+]=[N-].Cl.O=P(Cl)(Cl)Oc1ccccc1. The van der Waals surface area contributed by atoms with Crippen molar-refractivity contribution in [2.45, 2.75) is 193 Å². The number of azide groups is 2. The molecular formula is C54H86Cl3N10O19P3W2. The first-order chi connectivity index (χ1) is 42.1. The number of nitrogens with two attached hydrogens (primary N) is 2. The molecule has 17 atom stereocenters. The van der Waals surface area contributed by atoms with E-state index in [4.69, 9.17) is 96.6 Å². The van der Waals surface area contributed by atoms with Gasteiger partial charge in [0.15, 0.2) is 0 Å². The van der Waals surface area contributed by atoms with E-state index in [-0.39, 0.29) is 74.7 Å². The van der Waals surface area contributed by atoms with Gasteiger partial charge in [-0.1, -0.05) is 23.3 Å². The topological polar surface area (TPSA) is 424 Å². The molecule has 3 heterocycles. The number of hydrogen-bond donors (Lipinski definition) is 8. The first kappa shape index (κ1) is 85.9. The molecule has 0 saturated carbocycles. The van der Waals surface area contributed by atoms with Gasteiger partial charge in [0.25, 0.3) is 0 Å². The van der Waals surface area contributed by atoms with Crippen LogP contribution in [0.4, 0.5) is 0 Å². The van der Waals surface area contributed by atoms with Gasteiger partial charge >= 0.3 is 375 Å². The summed E-state index contributed by atoms with van der Waals surface area (Å²) in [4.78, 5) is 40.5. The fraction of sp³-hybridized carbons (Fsp3) is 0.611. The van der Waals surface area contributed by atoms with Crippen LogP contribution in [-0.2, 0) is 94.0 Å². The number of carbonyl (C=O) groups is 3. The van der Waals surface area contributed by atoms with E-state index in [1.54, 1.807) is 119 Å². The molecule has 10 N–H and O–H groups in total. The number of nitrogens with one attached hydrogen (secondary N) is 2. The van der Waals surface area contributed by atoms with Gasteiger partial charge in [0, 0.05) is 27.4 Å². The number of esters is 3. The number of benzene rings is 3. The van der Waals surface area contributed by atoms with Crippen LogP contribution in [0, 0.1) is 0 Å². The number of ether oxygens (including phenoxy) is 6. The number of nitrogens with zero attached hydrogens (tertiary/aromatic N) is 6. The standard InChI is InChI=1S/C18H27N4O6P.C18H29N2O6P.C6H5Cl2O2P.C6H11N3O3.C6H13NO2.ClH.2W/c1-11(2)26-18(24)12(3)21-29(28-14-8-6-5-7-9-14)25-10-15-17(23)16(20-22-19)13(4)27-15;1-11(2)24-18(22)12(3)20-27(26-14-8-6-5-7-9-14)23-10-15-17(21)16(19)13(4)25-15;7-11(8,9)10-6-4-2-1-3-5-6;1-3-5(8-9-7)6(11)4(2-10)12-3;1-4(2)9-6(8)5(3)7;;;/h5-9,11-13,15-17,21,23H,10H2,1-4H3;5-9,11-13,15-17,20-21H,10,19H2,1-4H3;1-5H;3-6,10-11H,2H2,1H3;4-5H,7H2,1-3H3;1H;;/t12?,13-,15+,16-,17+,29?;12?,13-,15+,16-,17+,27?;;3-,4+,5-,6+;;;;/m00.0..../s1. The summed E-state index contributed by atoms with van der Waals surface area (Å²) in [5.41, 5.74) is 22.6. The molecule has 0 amide bonds. The van der Waals surface area contributed by atoms with Gasteiger partial charge in [-0.2, -0.15) is 0 Å². The number of carbonyl (C=O) groups excluding carboxylic acids is 3. The maximum absolute atomic E-state index is 12.3. The second-order valence-electron chi connectivity index (χ2n) is 20.9. The second kappa shape index (κ2) is 43.2. The molecule has 6 rings (SSSR count). The normalized spacial score (nSPS) is 25.4. The molecule has 29 nitrogen and oxygen atoms in total. The molecule has 3 aromatic carbocycles. The maximum atomic E-state index is 12.3. The van der Waals surface area contributed by atoms with Crippen molar-refractivity contribution in [2.24, 2.45) is 21.7 Å². The number of para-hydroxylation sites is 3. The third kappa shape index (κ3) is 32.9. The first-order valence-corrected chi connectivity index (χ1v) is 42.6. The molecule has 514 valence electrons. The van der Waals surface area contributed by atoms with E-state index in [1.165, 1.54) is 0 Å². The van der Waals surface area contributed by atoms with Crippen molar-refractivity contribution in [1.82, 2.24) is 10.2 Å². The zero-order chi connectivity index (χ0) is 68.1. The summed E-state index contributed by atoms with van der Waals surface area (Å²) in [7, 11) is 0. The minimum atomic E-state index is -3.44. The minimum Gasteiger partial charge on any atom is -0.422 e. The zero-order valence-electron chi connectivity index (χ0n) is 52.2. The average molecular weight is 1750 g/mol. The van der Waals surface area contributed by atoms with Gasteiger partial charge in [-0.15, -0.1) is 12.4 Å². The van der Waals surface area contributed by atoms with Crippen molar-refractivity contribution in [3.05, 3.63) is 112 Å². The zero-order valence-corrected chi connectivity index (χ0v) is 63.1. The van der Waals surface area contributed by atoms with Gasteiger partial charge in [-0.3, -0.25) is 4.79 Å². The Hall–Kier alpha value is -3.09. The summed E-state index contributed by atoms with van der Waals surface area (Å²) in [6.07, 6.45) is -9.60. The van der Waals surface area contributed by atoms with Crippen LogP contribution in [0.25, 0.3) is 20.9 Å². The van der Waals surface area contributed by atoms with Crippen LogP contribution in [0.5, 0.6) is 17.2 Å². The van der Waals surface area contributed by atoms with Gasteiger partial charge in [-0.25, -0.2) is 4.57 Å². The Kier molecular flexibility index (Phi) is 40.7. The Morgan fingerprint density at radius 3 is 1.20 bits per heavy atom. The second-order valence-corrected chi connectivity index (χ2v) is 38.9. The quantitative estimate of drug-likeness (QED) is 0.00979. The van der Waals surface area contributed by atoms with E-state index < -0.39 is 102 Å². The molecule has 0 aliphatic carbocycles. The summed E-state index contributed by atoms with van der Waals surface area (Å²) in [6.45, 7) is 20.8. The number of halogens is 3. The molecule has 0 spiro atoms. The van der Waals surface area contributed by atoms with Gasteiger partial charge in [0.1, 0.15) is 17.9 Å². The van der Waals surface area contributed by atoms with Crippen LogP contribution in [0.1, 0.15) is 83.1 Å². The number of hydrogen-bond acceptors (Lipinski definition) is 25. The summed E-state index contributed by atoms with van der Waals surface area (Å²) in [5, 5.41) is 52.1. The summed E-state index contributed by atoms with van der Waals surface area (Å²) in [5.74, 6) is 0.483. The molecule has 0 radical (unpaired) electrons. The number of aliphatic hydroxyl groups is 4. The Balaban J connectivity index is 0.000000617. The molecule has 3 aliphatic rings. The van der Waals surface area contributed by atoms with Crippen molar-refractivity contribution in [3.63, 3.8) is 0 Å². The van der Waals surface area contributed by atoms with E-state index in [9.17, 15) is 34.3 Å². The van der Waals surface area contributed by atoms with Crippen molar-refractivity contribution in [1.29, 1.82) is 0 Å². The molecule has 3 saturated heterocycles. The van der Waals surface area contributed by atoms with Crippen LogP contribution < -0.4 is 35.2 Å². The van der Waals surface area contributed by atoms with Crippen LogP contribution in [0.3, 0.4) is 0 Å². The molecule has 5 unspecified atom stereocenters. The van der Waals surface area contributed by atoms with E-state index >= 15 is 0 Å². The number of rotatable bonds is 25. The third-order valence-electron chi connectivity index (χ3n) is 12.0. The van der Waals surface area contributed by atoms with Crippen LogP contribution in [-0.4, -0.2) is 168 Å². The first-order valence-electron chi connectivity index (χ1n) is 28.2. The van der Waals surface area contributed by atoms with Crippen LogP contribution in [0.2, 0.25) is 0 Å². The fourth-order valence-corrected chi connectivity index (χ4v) is 18.1. The monoisotopic (exact) mass is 1740 g/mol. The van der Waals surface area contributed by atoms with Crippen molar-refractivity contribution < 1.29 is 128 Å². The Morgan fingerprint density at radius 1 is 0.593 bits per heavy atom. The van der Waals surface area contributed by atoms with Crippen molar-refractivity contribution in [2.75, 3.05) is 19.8 Å². The molecule has 3 aromatic rings. The van der Waals surface area contributed by atoms with E-state index in [1.807, 2.05) is 55.5 Å².